The van der Waals surface area contributed by atoms with E-state index in [1.807, 2.05) is 43.3 Å². The molecule has 0 aromatic heterocycles. The zero-order valence-electron chi connectivity index (χ0n) is 17.8. The van der Waals surface area contributed by atoms with Gasteiger partial charge in [-0.15, -0.1) is 0 Å². The van der Waals surface area contributed by atoms with Crippen molar-refractivity contribution in [3.63, 3.8) is 0 Å². The van der Waals surface area contributed by atoms with Crippen LogP contribution in [0.2, 0.25) is 0 Å². The molecule has 1 amide bonds. The van der Waals surface area contributed by atoms with Crippen LogP contribution in [0.5, 0.6) is 5.75 Å². The average Bonchev–Trinajstić information content (AvgIpc) is 2.74. The number of unbranched alkanes of at least 4 members (excludes halogenated alkanes) is 7. The molecule has 0 heterocycles. The highest BCUT2D eigenvalue weighted by atomic mass is 16.5. The van der Waals surface area contributed by atoms with Crippen LogP contribution in [0.15, 0.2) is 53.6 Å². The van der Waals surface area contributed by atoms with Crippen molar-refractivity contribution in [3.8, 4) is 5.75 Å². The van der Waals surface area contributed by atoms with Crippen molar-refractivity contribution >= 4 is 12.1 Å². The van der Waals surface area contributed by atoms with E-state index in [0.717, 1.165) is 29.9 Å². The third-order valence-electron chi connectivity index (χ3n) is 4.94. The van der Waals surface area contributed by atoms with Gasteiger partial charge in [0, 0.05) is 5.56 Å². The van der Waals surface area contributed by atoms with Gasteiger partial charge in [-0.2, -0.15) is 5.10 Å². The minimum absolute atomic E-state index is 0.232. The van der Waals surface area contributed by atoms with E-state index in [1.54, 1.807) is 18.3 Å². The maximum Gasteiger partial charge on any atom is 0.271 e. The van der Waals surface area contributed by atoms with E-state index in [-0.39, 0.29) is 5.91 Å². The Morgan fingerprint density at radius 2 is 1.59 bits per heavy atom. The lowest BCUT2D eigenvalue weighted by atomic mass is 10.1. The molecule has 0 bridgehead atoms. The maximum atomic E-state index is 12.2. The second-order valence-electron chi connectivity index (χ2n) is 7.40. The molecule has 0 aliphatic carbocycles. The Morgan fingerprint density at radius 1 is 0.931 bits per heavy atom. The highest BCUT2D eigenvalue weighted by molar-refractivity contribution is 5.95. The molecule has 0 aliphatic heterocycles. The Bertz CT molecular complexity index is 754. The number of hydrogen-bond donors (Lipinski definition) is 1. The predicted molar refractivity (Wildman–Crippen MR) is 121 cm³/mol. The fraction of sp³-hybridized carbons (Fsp3) is 0.440. The van der Waals surface area contributed by atoms with Crippen LogP contribution < -0.4 is 10.2 Å². The molecule has 0 aliphatic rings. The fourth-order valence-corrected chi connectivity index (χ4v) is 3.09. The zero-order chi connectivity index (χ0) is 20.7. The summed E-state index contributed by atoms with van der Waals surface area (Å²) in [5.41, 5.74) is 5.23. The molecule has 0 unspecified atom stereocenters. The third kappa shape index (κ3) is 8.95. The fourth-order valence-electron chi connectivity index (χ4n) is 3.09. The summed E-state index contributed by atoms with van der Waals surface area (Å²) in [6.07, 6.45) is 11.9. The Morgan fingerprint density at radius 3 is 2.28 bits per heavy atom. The first-order chi connectivity index (χ1) is 14.2. The number of amides is 1. The van der Waals surface area contributed by atoms with Gasteiger partial charge in [-0.1, -0.05) is 76.1 Å². The van der Waals surface area contributed by atoms with E-state index in [9.17, 15) is 4.79 Å². The third-order valence-corrected chi connectivity index (χ3v) is 4.94. The van der Waals surface area contributed by atoms with E-state index in [4.69, 9.17) is 4.74 Å². The lowest BCUT2D eigenvalue weighted by molar-refractivity contribution is 0.0955. The number of carbonyl (C=O) groups excluding carboxylic acids is 1. The van der Waals surface area contributed by atoms with Crippen LogP contribution in [0.1, 0.15) is 79.8 Å². The molecular formula is C25H34N2O2. The quantitative estimate of drug-likeness (QED) is 0.247. The summed E-state index contributed by atoms with van der Waals surface area (Å²) in [6, 6.07) is 15.1. The lowest BCUT2D eigenvalue weighted by Gasteiger charge is -2.07. The van der Waals surface area contributed by atoms with Gasteiger partial charge in [-0.25, -0.2) is 5.43 Å². The van der Waals surface area contributed by atoms with Crippen molar-refractivity contribution in [2.45, 2.75) is 65.2 Å². The summed E-state index contributed by atoms with van der Waals surface area (Å²) in [4.78, 5) is 12.2. The zero-order valence-corrected chi connectivity index (χ0v) is 17.8. The standard InChI is InChI=1S/C25H34N2O2/c1-3-4-5-6-7-8-9-12-19-29-24-17-15-22(16-18-24)25(28)27-26-20-23-14-11-10-13-21(23)2/h10-11,13-18,20H,3-9,12,19H2,1-2H3,(H,27,28)/b26-20-. The molecule has 0 spiro atoms. The first-order valence-electron chi connectivity index (χ1n) is 10.8. The van der Waals surface area contributed by atoms with Gasteiger partial charge < -0.3 is 4.74 Å². The molecule has 2 aromatic carbocycles. The lowest BCUT2D eigenvalue weighted by Crippen LogP contribution is -2.17. The molecule has 0 atom stereocenters. The topological polar surface area (TPSA) is 50.7 Å². The number of ether oxygens (including phenoxy) is 1. The SMILES string of the molecule is CCCCCCCCCCOc1ccc(C(=O)N/N=C\c2ccccc2C)cc1. The summed E-state index contributed by atoms with van der Waals surface area (Å²) in [7, 11) is 0. The Labute approximate surface area is 175 Å². The molecule has 29 heavy (non-hydrogen) atoms. The van der Waals surface area contributed by atoms with Crippen LogP contribution in [-0.4, -0.2) is 18.7 Å². The second kappa shape index (κ2) is 13.5. The van der Waals surface area contributed by atoms with Gasteiger partial charge in [0.05, 0.1) is 12.8 Å². The number of rotatable bonds is 13. The smallest absolute Gasteiger partial charge is 0.271 e. The van der Waals surface area contributed by atoms with Gasteiger partial charge in [0.25, 0.3) is 5.91 Å². The molecule has 4 heteroatoms. The summed E-state index contributed by atoms with van der Waals surface area (Å²) < 4.78 is 5.78. The van der Waals surface area contributed by atoms with Crippen molar-refractivity contribution in [3.05, 3.63) is 65.2 Å². The van der Waals surface area contributed by atoms with Crippen molar-refractivity contribution in [2.24, 2.45) is 5.10 Å². The second-order valence-corrected chi connectivity index (χ2v) is 7.40. The molecule has 1 N–H and O–H groups in total. The molecule has 0 saturated carbocycles. The van der Waals surface area contributed by atoms with E-state index in [1.165, 1.54) is 44.9 Å². The molecule has 2 aromatic rings. The van der Waals surface area contributed by atoms with Crippen LogP contribution >= 0.6 is 0 Å². The van der Waals surface area contributed by atoms with Gasteiger partial charge in [-0.3, -0.25) is 4.79 Å². The highest BCUT2D eigenvalue weighted by Crippen LogP contribution is 2.14. The van der Waals surface area contributed by atoms with Crippen LogP contribution in [0, 0.1) is 6.92 Å². The molecule has 0 fully saturated rings. The van der Waals surface area contributed by atoms with E-state index in [2.05, 4.69) is 17.5 Å². The predicted octanol–water partition coefficient (Wildman–Crippen LogP) is 6.28. The van der Waals surface area contributed by atoms with Gasteiger partial charge >= 0.3 is 0 Å². The Balaban J connectivity index is 1.65. The van der Waals surface area contributed by atoms with Gasteiger partial charge in [0.2, 0.25) is 0 Å². The van der Waals surface area contributed by atoms with E-state index < -0.39 is 0 Å². The number of hydrazone groups is 1. The number of carbonyl (C=O) groups is 1. The summed E-state index contributed by atoms with van der Waals surface area (Å²) in [6.45, 7) is 4.98. The van der Waals surface area contributed by atoms with Crippen LogP contribution in [0.3, 0.4) is 0 Å². The largest absolute Gasteiger partial charge is 0.494 e. The van der Waals surface area contributed by atoms with Gasteiger partial charge in [0.15, 0.2) is 0 Å². The number of nitrogens with one attached hydrogen (secondary N) is 1. The van der Waals surface area contributed by atoms with Gasteiger partial charge in [-0.05, 0) is 48.7 Å². The molecular weight excluding hydrogens is 360 g/mol. The molecule has 4 nitrogen and oxygen atoms in total. The van der Waals surface area contributed by atoms with Gasteiger partial charge in [0.1, 0.15) is 5.75 Å². The molecule has 156 valence electrons. The maximum absolute atomic E-state index is 12.2. The van der Waals surface area contributed by atoms with Crippen molar-refractivity contribution in [1.29, 1.82) is 0 Å². The monoisotopic (exact) mass is 394 g/mol. The minimum atomic E-state index is -0.232. The molecule has 0 saturated heterocycles. The highest BCUT2D eigenvalue weighted by Gasteiger charge is 2.04. The number of nitrogens with zero attached hydrogens (tertiary/aromatic N) is 1. The molecule has 2 rings (SSSR count). The summed E-state index contributed by atoms with van der Waals surface area (Å²) in [5, 5.41) is 4.05. The van der Waals surface area contributed by atoms with E-state index >= 15 is 0 Å². The Kier molecular flexibility index (Phi) is 10.6. The normalized spacial score (nSPS) is 11.0. The number of hydrogen-bond acceptors (Lipinski definition) is 3. The molecule has 0 radical (unpaired) electrons. The first-order valence-corrected chi connectivity index (χ1v) is 10.8. The first kappa shape index (κ1) is 22.7. The number of benzene rings is 2. The summed E-state index contributed by atoms with van der Waals surface area (Å²) in [5.74, 6) is 0.567. The van der Waals surface area contributed by atoms with Crippen molar-refractivity contribution in [2.75, 3.05) is 6.61 Å². The van der Waals surface area contributed by atoms with Crippen molar-refractivity contribution in [1.82, 2.24) is 5.43 Å². The number of aryl methyl sites for hydroxylation is 1. The van der Waals surface area contributed by atoms with Crippen LogP contribution in [0.25, 0.3) is 0 Å². The van der Waals surface area contributed by atoms with Crippen LogP contribution in [-0.2, 0) is 0 Å². The summed E-state index contributed by atoms with van der Waals surface area (Å²) >= 11 is 0. The average molecular weight is 395 g/mol. The van der Waals surface area contributed by atoms with Crippen molar-refractivity contribution < 1.29 is 9.53 Å². The minimum Gasteiger partial charge on any atom is -0.494 e. The van der Waals surface area contributed by atoms with Crippen LogP contribution in [0.4, 0.5) is 0 Å². The Hall–Kier alpha value is -2.62. The van der Waals surface area contributed by atoms with E-state index in [0.29, 0.717) is 5.56 Å².